The summed E-state index contributed by atoms with van der Waals surface area (Å²) in [4.78, 5) is 11.0. The van der Waals surface area contributed by atoms with Crippen LogP contribution in [0.15, 0.2) is 31.0 Å². The predicted octanol–water partition coefficient (Wildman–Crippen LogP) is 3.81. The van der Waals surface area contributed by atoms with Gasteiger partial charge in [0, 0.05) is 11.8 Å². The van der Waals surface area contributed by atoms with E-state index in [1.165, 1.54) is 16.8 Å². The van der Waals surface area contributed by atoms with Crippen molar-refractivity contribution in [2.24, 2.45) is 0 Å². The number of halogens is 6. The minimum Gasteiger partial charge on any atom is -0.466 e. The number of hydrogen-bond donors (Lipinski definition) is 0. The monoisotopic (exact) mass is 362 g/mol. The summed E-state index contributed by atoms with van der Waals surface area (Å²) < 4.78 is 81.4. The van der Waals surface area contributed by atoms with Gasteiger partial charge in [-0.05, 0) is 12.1 Å². The maximum Gasteiger partial charge on any atom is 0.422 e. The first kappa shape index (κ1) is 17.0. The number of ether oxygens (including phenoxy) is 1. The number of rotatable bonds is 4. The van der Waals surface area contributed by atoms with E-state index in [4.69, 9.17) is 0 Å². The molecule has 0 saturated carbocycles. The van der Waals surface area contributed by atoms with Gasteiger partial charge in [0.05, 0.1) is 11.2 Å². The lowest BCUT2D eigenvalue weighted by Crippen LogP contribution is -2.20. The second-order valence-corrected chi connectivity index (χ2v) is 4.91. The molecule has 0 radical (unpaired) electrons. The van der Waals surface area contributed by atoms with Crippen LogP contribution in [0.5, 0.6) is 5.88 Å². The van der Waals surface area contributed by atoms with Crippen molar-refractivity contribution in [2.45, 2.75) is 12.6 Å². The first-order chi connectivity index (χ1) is 11.7. The zero-order valence-electron chi connectivity index (χ0n) is 12.1. The van der Waals surface area contributed by atoms with Crippen molar-refractivity contribution >= 4 is 5.52 Å². The van der Waals surface area contributed by atoms with E-state index in [1.54, 1.807) is 0 Å². The van der Waals surface area contributed by atoms with Crippen molar-refractivity contribution in [3.8, 4) is 17.1 Å². The number of aromatic nitrogens is 4. The third kappa shape index (κ3) is 3.64. The molecule has 0 aliphatic heterocycles. The number of fused-ring (bicyclic) bond motifs is 1. The third-order valence-corrected chi connectivity index (χ3v) is 3.14. The molecule has 0 fully saturated rings. The van der Waals surface area contributed by atoms with Gasteiger partial charge < -0.3 is 4.74 Å². The molecule has 0 saturated heterocycles. The first-order valence-electron chi connectivity index (χ1n) is 6.71. The minimum absolute atomic E-state index is 0.0674. The Balaban J connectivity index is 1.92. The maximum absolute atomic E-state index is 13.9. The Kier molecular flexibility index (Phi) is 4.23. The molecule has 0 spiro atoms. The van der Waals surface area contributed by atoms with E-state index in [9.17, 15) is 26.3 Å². The fourth-order valence-corrected chi connectivity index (χ4v) is 2.06. The van der Waals surface area contributed by atoms with Gasteiger partial charge in [0.2, 0.25) is 0 Å². The average molecular weight is 362 g/mol. The highest BCUT2D eigenvalue weighted by atomic mass is 19.4. The fourth-order valence-electron chi connectivity index (χ4n) is 2.06. The molecule has 0 atom stereocenters. The van der Waals surface area contributed by atoms with Gasteiger partial charge in [0.25, 0.3) is 12.3 Å². The summed E-state index contributed by atoms with van der Waals surface area (Å²) in [6, 6.07) is 2.11. The molecule has 0 aliphatic rings. The number of pyridine rings is 1. The lowest BCUT2D eigenvalue weighted by molar-refractivity contribution is -0.154. The lowest BCUT2D eigenvalue weighted by Gasteiger charge is -2.09. The Morgan fingerprint density at radius 2 is 1.80 bits per heavy atom. The maximum atomic E-state index is 13.9. The van der Waals surface area contributed by atoms with Crippen LogP contribution in [0.4, 0.5) is 26.3 Å². The molecule has 0 aliphatic carbocycles. The summed E-state index contributed by atoms with van der Waals surface area (Å²) in [6.07, 6.45) is -4.05. The van der Waals surface area contributed by atoms with Crippen LogP contribution in [-0.4, -0.2) is 32.1 Å². The predicted molar refractivity (Wildman–Crippen MR) is 72.7 cm³/mol. The molecule has 0 bridgehead atoms. The highest BCUT2D eigenvalue weighted by molar-refractivity contribution is 5.66. The van der Waals surface area contributed by atoms with Crippen LogP contribution in [0.2, 0.25) is 0 Å². The van der Waals surface area contributed by atoms with Crippen LogP contribution < -0.4 is 4.74 Å². The Hall–Kier alpha value is -2.85. The highest BCUT2D eigenvalue weighted by Gasteiger charge is 2.29. The average Bonchev–Trinajstić information content (AvgIpc) is 2.96. The smallest absolute Gasteiger partial charge is 0.422 e. The van der Waals surface area contributed by atoms with E-state index in [2.05, 4.69) is 19.7 Å². The van der Waals surface area contributed by atoms with Crippen molar-refractivity contribution in [1.82, 2.24) is 19.4 Å². The number of hydrogen-bond acceptors (Lipinski definition) is 4. The first-order valence-corrected chi connectivity index (χ1v) is 6.71. The quantitative estimate of drug-likeness (QED) is 0.663. The molecule has 25 heavy (non-hydrogen) atoms. The van der Waals surface area contributed by atoms with Gasteiger partial charge in [0.1, 0.15) is 18.3 Å². The van der Waals surface area contributed by atoms with Gasteiger partial charge in [-0.1, -0.05) is 0 Å². The van der Waals surface area contributed by atoms with Crippen molar-refractivity contribution in [1.29, 1.82) is 0 Å². The minimum atomic E-state index is -4.63. The van der Waals surface area contributed by atoms with Gasteiger partial charge in [-0.2, -0.15) is 13.2 Å². The molecule has 0 N–H and O–H groups in total. The molecule has 3 aromatic heterocycles. The van der Waals surface area contributed by atoms with Crippen LogP contribution in [-0.2, 0) is 0 Å². The molecule has 3 rings (SSSR count). The SMILES string of the molecule is Fc1cc(-c2cc3c(C(F)F)ncn3cn2)cnc1OCC(F)(F)F. The van der Waals surface area contributed by atoms with Crippen LogP contribution in [0.3, 0.4) is 0 Å². The summed E-state index contributed by atoms with van der Waals surface area (Å²) >= 11 is 0. The number of imidazole rings is 1. The topological polar surface area (TPSA) is 52.3 Å². The van der Waals surface area contributed by atoms with E-state index < -0.39 is 36.6 Å². The van der Waals surface area contributed by atoms with E-state index in [0.717, 1.165) is 18.6 Å². The van der Waals surface area contributed by atoms with Crippen LogP contribution in [0, 0.1) is 5.82 Å². The zero-order valence-corrected chi connectivity index (χ0v) is 12.1. The standard InChI is InChI=1S/C14H8F6N4O/c15-8-1-7(3-21-13(8)25-4-14(18,19)20)9-2-10-11(12(16)17)23-6-24(10)5-22-9/h1-3,5-6,12H,4H2. The normalized spacial score (nSPS) is 12.1. The molecule has 3 aromatic rings. The van der Waals surface area contributed by atoms with Gasteiger partial charge in [0.15, 0.2) is 12.4 Å². The molecule has 132 valence electrons. The molecule has 11 heteroatoms. The van der Waals surface area contributed by atoms with Gasteiger partial charge >= 0.3 is 6.18 Å². The molecule has 0 amide bonds. The second kappa shape index (κ2) is 6.22. The number of alkyl halides is 5. The van der Waals surface area contributed by atoms with Crippen molar-refractivity contribution in [2.75, 3.05) is 6.61 Å². The molecule has 5 nitrogen and oxygen atoms in total. The Labute approximate surface area is 135 Å². The Bertz CT molecular complexity index is 908. The van der Waals surface area contributed by atoms with Crippen LogP contribution >= 0.6 is 0 Å². The largest absolute Gasteiger partial charge is 0.466 e. The van der Waals surface area contributed by atoms with Gasteiger partial charge in [-0.15, -0.1) is 0 Å². The van der Waals surface area contributed by atoms with E-state index in [0.29, 0.717) is 0 Å². The third-order valence-electron chi connectivity index (χ3n) is 3.14. The van der Waals surface area contributed by atoms with Gasteiger partial charge in [-0.3, -0.25) is 4.40 Å². The summed E-state index contributed by atoms with van der Waals surface area (Å²) in [5, 5.41) is 0. The number of nitrogens with zero attached hydrogens (tertiary/aromatic N) is 4. The van der Waals surface area contributed by atoms with Crippen molar-refractivity contribution in [3.05, 3.63) is 42.5 Å². The second-order valence-electron chi connectivity index (χ2n) is 4.91. The summed E-state index contributed by atoms with van der Waals surface area (Å²) in [7, 11) is 0. The summed E-state index contributed by atoms with van der Waals surface area (Å²) in [6.45, 7) is -1.69. The molecular weight excluding hydrogens is 354 g/mol. The van der Waals surface area contributed by atoms with E-state index in [-0.39, 0.29) is 16.8 Å². The van der Waals surface area contributed by atoms with E-state index >= 15 is 0 Å². The summed E-state index contributed by atoms with van der Waals surface area (Å²) in [5.74, 6) is -1.95. The fraction of sp³-hybridized carbons (Fsp3) is 0.214. The highest BCUT2D eigenvalue weighted by Crippen LogP contribution is 2.27. The van der Waals surface area contributed by atoms with Gasteiger partial charge in [-0.25, -0.2) is 28.1 Å². The molecule has 0 aromatic carbocycles. The molecular formula is C14H8F6N4O. The molecule has 3 heterocycles. The van der Waals surface area contributed by atoms with Crippen LogP contribution in [0.1, 0.15) is 12.1 Å². The van der Waals surface area contributed by atoms with E-state index in [1.807, 2.05) is 0 Å². The summed E-state index contributed by atoms with van der Waals surface area (Å²) in [5.41, 5.74) is -0.218. The lowest BCUT2D eigenvalue weighted by atomic mass is 10.2. The Morgan fingerprint density at radius 1 is 1.08 bits per heavy atom. The van der Waals surface area contributed by atoms with Crippen molar-refractivity contribution in [3.63, 3.8) is 0 Å². The van der Waals surface area contributed by atoms with Crippen LogP contribution in [0.25, 0.3) is 16.8 Å². The zero-order chi connectivity index (χ0) is 18.2. The Morgan fingerprint density at radius 3 is 2.44 bits per heavy atom. The van der Waals surface area contributed by atoms with Crippen molar-refractivity contribution < 1.29 is 31.1 Å². The molecule has 0 unspecified atom stereocenters.